The van der Waals surface area contributed by atoms with E-state index in [2.05, 4.69) is 0 Å². The third-order valence-corrected chi connectivity index (χ3v) is 0.697. The van der Waals surface area contributed by atoms with Gasteiger partial charge >= 0.3 is 0 Å². The molecule has 1 fully saturated rings. The van der Waals surface area contributed by atoms with Crippen molar-refractivity contribution in [3.05, 3.63) is 6.04 Å². The first kappa shape index (κ1) is 6.21. The van der Waals surface area contributed by atoms with E-state index >= 15 is 0 Å². The monoisotopic (exact) mass is 108 g/mol. The summed E-state index contributed by atoms with van der Waals surface area (Å²) in [6, 6.07) is 0.727. The second-order valence-corrected chi connectivity index (χ2v) is 1.29. The van der Waals surface area contributed by atoms with Gasteiger partial charge in [-0.2, -0.15) is 0 Å². The lowest BCUT2D eigenvalue weighted by molar-refractivity contribution is 0.283. The average Bonchev–Trinajstić information content (AvgIpc) is 1.79. The van der Waals surface area contributed by atoms with Gasteiger partial charge in [-0.15, -0.1) is 12.4 Å². The molecule has 0 unspecified atom stereocenters. The van der Waals surface area contributed by atoms with E-state index in [0.717, 1.165) is 12.5 Å². The molecule has 1 saturated carbocycles. The molecule has 1 atom stereocenters. The predicted octanol–water partition coefficient (Wildman–Crippen LogP) is -0.337. The van der Waals surface area contributed by atoms with Crippen molar-refractivity contribution in [2.45, 2.75) is 12.5 Å². The third-order valence-electron chi connectivity index (χ3n) is 0.697. The first-order chi connectivity index (χ1) is 2.30. The molecule has 1 aliphatic rings. The zero-order valence-corrected chi connectivity index (χ0v) is 4.03. The number of hydrogen-bond acceptors (Lipinski definition) is 2. The summed E-state index contributed by atoms with van der Waals surface area (Å²) >= 11 is 0. The van der Waals surface area contributed by atoms with Crippen LogP contribution < -0.4 is 5.73 Å². The number of rotatable bonds is 0. The molecule has 6 heavy (non-hydrogen) atoms. The van der Waals surface area contributed by atoms with E-state index in [1.165, 1.54) is 0 Å². The highest BCUT2D eigenvalue weighted by Gasteiger charge is 2.31. The number of aliphatic hydroxyl groups is 1. The second kappa shape index (κ2) is 1.78. The lowest BCUT2D eigenvalue weighted by Gasteiger charge is -1.68. The highest BCUT2D eigenvalue weighted by atomic mass is 35.5. The summed E-state index contributed by atoms with van der Waals surface area (Å²) in [5.74, 6) is 0. The minimum Gasteiger partial charge on any atom is -0.391 e. The summed E-state index contributed by atoms with van der Waals surface area (Å²) in [7, 11) is 0. The minimum absolute atomic E-state index is 0. The SMILES string of the molecule is Cl.N[C]1C[C@@H]1O. The highest BCUT2D eigenvalue weighted by molar-refractivity contribution is 5.85. The van der Waals surface area contributed by atoms with E-state index < -0.39 is 0 Å². The van der Waals surface area contributed by atoms with Gasteiger partial charge in [0.25, 0.3) is 0 Å². The Balaban J connectivity index is 0.000000250. The Labute approximate surface area is 42.8 Å². The van der Waals surface area contributed by atoms with Crippen LogP contribution in [0.1, 0.15) is 6.42 Å². The number of aliphatic hydroxyl groups excluding tert-OH is 1. The van der Waals surface area contributed by atoms with Crippen molar-refractivity contribution in [2.24, 2.45) is 5.73 Å². The normalized spacial score (nSPS) is 32.0. The Bertz CT molecular complexity index is 44.1. The molecular formula is C3H7ClNO. The minimum atomic E-state index is -0.255. The largest absolute Gasteiger partial charge is 0.391 e. The molecule has 0 saturated heterocycles. The second-order valence-electron chi connectivity index (χ2n) is 1.29. The van der Waals surface area contributed by atoms with Gasteiger partial charge in [-0.3, -0.25) is 0 Å². The molecule has 0 aromatic rings. The molecule has 0 aliphatic heterocycles. The van der Waals surface area contributed by atoms with Crippen molar-refractivity contribution in [3.8, 4) is 0 Å². The summed E-state index contributed by atoms with van der Waals surface area (Å²) in [6.07, 6.45) is 0.468. The van der Waals surface area contributed by atoms with E-state index in [1.54, 1.807) is 0 Å². The van der Waals surface area contributed by atoms with Gasteiger partial charge in [0, 0.05) is 0 Å². The molecule has 2 nitrogen and oxygen atoms in total. The van der Waals surface area contributed by atoms with E-state index in [1.807, 2.05) is 0 Å². The van der Waals surface area contributed by atoms with Crippen LogP contribution in [-0.4, -0.2) is 11.2 Å². The Morgan fingerprint density at radius 3 is 2.00 bits per heavy atom. The molecule has 3 N–H and O–H groups in total. The van der Waals surface area contributed by atoms with Crippen molar-refractivity contribution >= 4 is 12.4 Å². The van der Waals surface area contributed by atoms with Crippen LogP contribution in [0.25, 0.3) is 0 Å². The molecular weight excluding hydrogens is 101 g/mol. The molecule has 0 heterocycles. The first-order valence-corrected chi connectivity index (χ1v) is 1.60. The summed E-state index contributed by atoms with van der Waals surface area (Å²) in [4.78, 5) is 0. The van der Waals surface area contributed by atoms with Gasteiger partial charge in [0.1, 0.15) is 0 Å². The molecule has 1 aliphatic carbocycles. The standard InChI is InChI=1S/C3H6NO.ClH/c4-2-1-3(2)5;/h3,5H,1,4H2;1H/t3-;/m0./s1. The predicted molar refractivity (Wildman–Crippen MR) is 25.3 cm³/mol. The maximum Gasteiger partial charge on any atom is 0.0758 e. The van der Waals surface area contributed by atoms with Gasteiger partial charge in [-0.05, 0) is 6.42 Å². The van der Waals surface area contributed by atoms with Crippen LogP contribution in [0, 0.1) is 6.04 Å². The molecule has 1 radical (unpaired) electrons. The zero-order chi connectivity index (χ0) is 3.86. The highest BCUT2D eigenvalue weighted by Crippen LogP contribution is 2.25. The van der Waals surface area contributed by atoms with Crippen molar-refractivity contribution in [3.63, 3.8) is 0 Å². The zero-order valence-electron chi connectivity index (χ0n) is 3.22. The number of nitrogens with two attached hydrogens (primary N) is 1. The van der Waals surface area contributed by atoms with Gasteiger partial charge in [-0.1, -0.05) is 0 Å². The molecule has 1 rings (SSSR count). The summed E-state index contributed by atoms with van der Waals surface area (Å²) in [5.41, 5.74) is 5.03. The summed E-state index contributed by atoms with van der Waals surface area (Å²) in [6.45, 7) is 0. The maximum atomic E-state index is 8.27. The first-order valence-electron chi connectivity index (χ1n) is 1.60. The lowest BCUT2D eigenvalue weighted by Crippen LogP contribution is -1.93. The fourth-order valence-corrected chi connectivity index (χ4v) is 0.164. The van der Waals surface area contributed by atoms with Crippen molar-refractivity contribution in [1.82, 2.24) is 0 Å². The van der Waals surface area contributed by atoms with Crippen LogP contribution in [0.3, 0.4) is 0 Å². The van der Waals surface area contributed by atoms with E-state index in [9.17, 15) is 0 Å². The fourth-order valence-electron chi connectivity index (χ4n) is 0.164. The lowest BCUT2D eigenvalue weighted by atomic mass is 10.8. The van der Waals surface area contributed by atoms with E-state index in [0.29, 0.717) is 0 Å². The molecule has 0 spiro atoms. The van der Waals surface area contributed by atoms with Crippen LogP contribution in [0.5, 0.6) is 0 Å². The van der Waals surface area contributed by atoms with Crippen LogP contribution in [0.15, 0.2) is 0 Å². The average molecular weight is 109 g/mol. The van der Waals surface area contributed by atoms with Gasteiger partial charge in [-0.25, -0.2) is 0 Å². The van der Waals surface area contributed by atoms with Gasteiger partial charge in [0.2, 0.25) is 0 Å². The smallest absolute Gasteiger partial charge is 0.0758 e. The van der Waals surface area contributed by atoms with Crippen molar-refractivity contribution in [2.75, 3.05) is 0 Å². The van der Waals surface area contributed by atoms with Gasteiger partial charge < -0.3 is 10.8 Å². The Morgan fingerprint density at radius 2 is 2.00 bits per heavy atom. The maximum absolute atomic E-state index is 8.27. The summed E-state index contributed by atoms with van der Waals surface area (Å²) < 4.78 is 0. The van der Waals surface area contributed by atoms with E-state index in [-0.39, 0.29) is 18.5 Å². The van der Waals surface area contributed by atoms with E-state index in [4.69, 9.17) is 10.8 Å². The Kier molecular flexibility index (Phi) is 1.84. The van der Waals surface area contributed by atoms with Gasteiger partial charge in [0.05, 0.1) is 12.1 Å². The third kappa shape index (κ3) is 1.12. The van der Waals surface area contributed by atoms with Crippen LogP contribution in [-0.2, 0) is 0 Å². The Morgan fingerprint density at radius 1 is 1.83 bits per heavy atom. The van der Waals surface area contributed by atoms with Crippen molar-refractivity contribution in [1.29, 1.82) is 0 Å². The Hall–Kier alpha value is 0.210. The van der Waals surface area contributed by atoms with Crippen LogP contribution in [0.4, 0.5) is 0 Å². The molecule has 0 aromatic heterocycles. The van der Waals surface area contributed by atoms with Crippen LogP contribution in [0.2, 0.25) is 0 Å². The molecule has 3 heteroatoms. The van der Waals surface area contributed by atoms with Gasteiger partial charge in [0.15, 0.2) is 0 Å². The topological polar surface area (TPSA) is 46.2 Å². The number of hydrogen-bond donors (Lipinski definition) is 2. The number of halogens is 1. The molecule has 0 amide bonds. The quantitative estimate of drug-likeness (QED) is 0.446. The summed E-state index contributed by atoms with van der Waals surface area (Å²) in [5, 5.41) is 8.27. The van der Waals surface area contributed by atoms with Crippen molar-refractivity contribution < 1.29 is 5.11 Å². The molecule has 0 bridgehead atoms. The molecule has 0 aromatic carbocycles. The van der Waals surface area contributed by atoms with Crippen LogP contribution >= 0.6 is 12.4 Å². The molecule has 37 valence electrons. The fraction of sp³-hybridized carbons (Fsp3) is 0.667.